The van der Waals surface area contributed by atoms with Crippen molar-refractivity contribution in [2.45, 2.75) is 59.0 Å². The molecule has 1 aromatic carbocycles. The van der Waals surface area contributed by atoms with Gasteiger partial charge in [-0.15, -0.1) is 5.10 Å². The van der Waals surface area contributed by atoms with Crippen molar-refractivity contribution >= 4 is 5.91 Å². The molecular formula is C22H33N5O. The standard InChI is InChI=1S/C22H33N5O/c1-15(2)13-17-5-7-18(8-6-17)21(16(3)4)24-22(28)20-14-27(26-25-20)19-9-11-23-12-10-19/h5-8,14-16,19,21,23H,9-13H2,1-4H3,(H,24,28). The predicted molar refractivity (Wildman–Crippen MR) is 111 cm³/mol. The number of carbonyl (C=O) groups excluding carboxylic acids is 1. The van der Waals surface area contributed by atoms with Crippen LogP contribution in [0.25, 0.3) is 0 Å². The van der Waals surface area contributed by atoms with E-state index < -0.39 is 0 Å². The van der Waals surface area contributed by atoms with E-state index in [0.717, 1.165) is 37.9 Å². The van der Waals surface area contributed by atoms with Crippen molar-refractivity contribution in [1.82, 2.24) is 25.6 Å². The minimum atomic E-state index is -0.162. The fraction of sp³-hybridized carbons (Fsp3) is 0.591. The first-order valence-corrected chi connectivity index (χ1v) is 10.5. The van der Waals surface area contributed by atoms with Crippen LogP contribution in [-0.4, -0.2) is 34.0 Å². The predicted octanol–water partition coefficient (Wildman–Crippen LogP) is 3.53. The van der Waals surface area contributed by atoms with E-state index in [1.54, 1.807) is 6.20 Å². The highest BCUT2D eigenvalue weighted by Gasteiger charge is 2.23. The first-order chi connectivity index (χ1) is 13.4. The minimum Gasteiger partial charge on any atom is -0.344 e. The number of hydrogen-bond acceptors (Lipinski definition) is 4. The molecule has 0 bridgehead atoms. The van der Waals surface area contributed by atoms with Crippen molar-refractivity contribution in [3.8, 4) is 0 Å². The molecule has 0 spiro atoms. The van der Waals surface area contributed by atoms with Gasteiger partial charge >= 0.3 is 0 Å². The van der Waals surface area contributed by atoms with Crippen LogP contribution in [0.1, 0.15) is 74.2 Å². The Bertz CT molecular complexity index is 759. The molecule has 1 aliphatic heterocycles. The maximum absolute atomic E-state index is 12.8. The molecule has 0 saturated carbocycles. The van der Waals surface area contributed by atoms with E-state index in [2.05, 4.69) is 72.9 Å². The van der Waals surface area contributed by atoms with Gasteiger partial charge in [-0.25, -0.2) is 4.68 Å². The summed E-state index contributed by atoms with van der Waals surface area (Å²) in [6.07, 6.45) is 4.89. The molecule has 1 aliphatic rings. The van der Waals surface area contributed by atoms with Crippen LogP contribution in [-0.2, 0) is 6.42 Å². The zero-order chi connectivity index (χ0) is 20.1. The zero-order valence-electron chi connectivity index (χ0n) is 17.5. The third kappa shape index (κ3) is 5.19. The molecule has 28 heavy (non-hydrogen) atoms. The summed E-state index contributed by atoms with van der Waals surface area (Å²) in [6.45, 7) is 10.7. The Labute approximate surface area is 168 Å². The Hall–Kier alpha value is -2.21. The molecule has 1 saturated heterocycles. The number of rotatable bonds is 7. The number of benzene rings is 1. The number of hydrogen-bond donors (Lipinski definition) is 2. The van der Waals surface area contributed by atoms with Crippen LogP contribution in [0.5, 0.6) is 0 Å². The fourth-order valence-electron chi connectivity index (χ4n) is 3.81. The summed E-state index contributed by atoms with van der Waals surface area (Å²) in [5.74, 6) is 0.749. The molecule has 3 rings (SSSR count). The van der Waals surface area contributed by atoms with E-state index in [9.17, 15) is 4.79 Å². The van der Waals surface area contributed by atoms with Crippen molar-refractivity contribution in [1.29, 1.82) is 0 Å². The number of aromatic nitrogens is 3. The SMILES string of the molecule is CC(C)Cc1ccc(C(NC(=O)c2cn(C3CCNCC3)nn2)C(C)C)cc1. The summed E-state index contributed by atoms with van der Waals surface area (Å²) in [4.78, 5) is 12.8. The highest BCUT2D eigenvalue weighted by molar-refractivity contribution is 5.92. The third-order valence-electron chi connectivity index (χ3n) is 5.36. The topological polar surface area (TPSA) is 71.8 Å². The summed E-state index contributed by atoms with van der Waals surface area (Å²) >= 11 is 0. The van der Waals surface area contributed by atoms with E-state index in [-0.39, 0.29) is 17.9 Å². The monoisotopic (exact) mass is 383 g/mol. The number of piperidine rings is 1. The molecule has 2 heterocycles. The summed E-state index contributed by atoms with van der Waals surface area (Å²) < 4.78 is 1.85. The van der Waals surface area contributed by atoms with Crippen LogP contribution >= 0.6 is 0 Å². The molecule has 6 heteroatoms. The summed E-state index contributed by atoms with van der Waals surface area (Å²) in [5, 5.41) is 14.8. The Balaban J connectivity index is 1.68. The number of amides is 1. The van der Waals surface area contributed by atoms with Crippen LogP contribution in [0.15, 0.2) is 30.5 Å². The number of nitrogens with zero attached hydrogens (tertiary/aromatic N) is 3. The molecule has 152 valence electrons. The van der Waals surface area contributed by atoms with Crippen LogP contribution < -0.4 is 10.6 Å². The van der Waals surface area contributed by atoms with Crippen LogP contribution in [0, 0.1) is 11.8 Å². The molecule has 6 nitrogen and oxygen atoms in total. The van der Waals surface area contributed by atoms with E-state index >= 15 is 0 Å². The lowest BCUT2D eigenvalue weighted by atomic mass is 9.93. The highest BCUT2D eigenvalue weighted by atomic mass is 16.2. The smallest absolute Gasteiger partial charge is 0.273 e. The largest absolute Gasteiger partial charge is 0.344 e. The van der Waals surface area contributed by atoms with E-state index in [4.69, 9.17) is 0 Å². The summed E-state index contributed by atoms with van der Waals surface area (Å²) in [7, 11) is 0. The maximum Gasteiger partial charge on any atom is 0.273 e. The van der Waals surface area contributed by atoms with Gasteiger partial charge in [0.05, 0.1) is 18.3 Å². The molecule has 2 N–H and O–H groups in total. The normalized spacial score (nSPS) is 16.5. The van der Waals surface area contributed by atoms with Crippen molar-refractivity contribution in [2.75, 3.05) is 13.1 Å². The second kappa shape index (κ2) is 9.32. The van der Waals surface area contributed by atoms with Gasteiger partial charge in [-0.3, -0.25) is 4.79 Å². The average molecular weight is 384 g/mol. The zero-order valence-corrected chi connectivity index (χ0v) is 17.5. The fourth-order valence-corrected chi connectivity index (χ4v) is 3.81. The highest BCUT2D eigenvalue weighted by Crippen LogP contribution is 2.23. The molecule has 0 aliphatic carbocycles. The van der Waals surface area contributed by atoms with Crippen molar-refractivity contribution in [2.24, 2.45) is 11.8 Å². The van der Waals surface area contributed by atoms with Crippen LogP contribution in [0.3, 0.4) is 0 Å². The lowest BCUT2D eigenvalue weighted by Crippen LogP contribution is -2.32. The summed E-state index contributed by atoms with van der Waals surface area (Å²) in [6, 6.07) is 8.88. The van der Waals surface area contributed by atoms with Crippen molar-refractivity contribution in [3.63, 3.8) is 0 Å². The van der Waals surface area contributed by atoms with E-state index in [0.29, 0.717) is 17.7 Å². The Morgan fingerprint density at radius 3 is 2.46 bits per heavy atom. The Morgan fingerprint density at radius 2 is 1.86 bits per heavy atom. The average Bonchev–Trinajstić information content (AvgIpc) is 3.17. The van der Waals surface area contributed by atoms with Gasteiger partial charge in [0.25, 0.3) is 5.91 Å². The quantitative estimate of drug-likeness (QED) is 0.767. The van der Waals surface area contributed by atoms with Gasteiger partial charge in [-0.05, 0) is 55.3 Å². The first-order valence-electron chi connectivity index (χ1n) is 10.5. The number of carbonyl (C=O) groups is 1. The molecule has 0 radical (unpaired) electrons. The van der Waals surface area contributed by atoms with Crippen molar-refractivity contribution in [3.05, 3.63) is 47.3 Å². The van der Waals surface area contributed by atoms with E-state index in [1.165, 1.54) is 5.56 Å². The molecule has 1 fully saturated rings. The van der Waals surface area contributed by atoms with Crippen LogP contribution in [0.2, 0.25) is 0 Å². The second-order valence-electron chi connectivity index (χ2n) is 8.60. The number of nitrogens with one attached hydrogen (secondary N) is 2. The molecule has 1 unspecified atom stereocenters. The molecule has 1 aromatic heterocycles. The second-order valence-corrected chi connectivity index (χ2v) is 8.60. The Kier molecular flexibility index (Phi) is 6.83. The summed E-state index contributed by atoms with van der Waals surface area (Å²) in [5.41, 5.74) is 2.85. The Morgan fingerprint density at radius 1 is 1.18 bits per heavy atom. The van der Waals surface area contributed by atoms with Gasteiger partial charge in [0.15, 0.2) is 5.69 Å². The molecule has 1 amide bonds. The van der Waals surface area contributed by atoms with Crippen molar-refractivity contribution < 1.29 is 4.79 Å². The molecular weight excluding hydrogens is 350 g/mol. The van der Waals surface area contributed by atoms with Gasteiger partial charge in [0.2, 0.25) is 0 Å². The van der Waals surface area contributed by atoms with Gasteiger partial charge in [0, 0.05) is 0 Å². The lowest BCUT2D eigenvalue weighted by Gasteiger charge is -2.23. The molecule has 2 aromatic rings. The van der Waals surface area contributed by atoms with Crippen LogP contribution in [0.4, 0.5) is 0 Å². The van der Waals surface area contributed by atoms with Gasteiger partial charge in [-0.2, -0.15) is 0 Å². The lowest BCUT2D eigenvalue weighted by molar-refractivity contribution is 0.0920. The van der Waals surface area contributed by atoms with E-state index in [1.807, 2.05) is 4.68 Å². The minimum absolute atomic E-state index is 0.0513. The first kappa shape index (κ1) is 20.5. The van der Waals surface area contributed by atoms with Gasteiger partial charge in [-0.1, -0.05) is 57.2 Å². The molecule has 1 atom stereocenters. The van der Waals surface area contributed by atoms with Gasteiger partial charge < -0.3 is 10.6 Å². The third-order valence-corrected chi connectivity index (χ3v) is 5.36. The maximum atomic E-state index is 12.8. The van der Waals surface area contributed by atoms with Gasteiger partial charge in [0.1, 0.15) is 0 Å².